The zero-order chi connectivity index (χ0) is 21.0. The Morgan fingerprint density at radius 1 is 1.21 bits per heavy atom. The number of urea groups is 1. The molecule has 6 heteroatoms. The van der Waals surface area contributed by atoms with E-state index in [9.17, 15) is 4.79 Å². The molecule has 0 fully saturated rings. The molecule has 154 valence electrons. The number of oxime groups is 1. The van der Waals surface area contributed by atoms with Crippen LogP contribution in [-0.2, 0) is 11.4 Å². The van der Waals surface area contributed by atoms with Crippen LogP contribution in [0.5, 0.6) is 0 Å². The number of amides is 2. The maximum absolute atomic E-state index is 12.9. The predicted molar refractivity (Wildman–Crippen MR) is 117 cm³/mol. The molecule has 0 radical (unpaired) electrons. The monoisotopic (exact) mass is 413 g/mol. The fourth-order valence-corrected chi connectivity index (χ4v) is 3.47. The summed E-state index contributed by atoms with van der Waals surface area (Å²) in [5.41, 5.74) is 3.73. The van der Waals surface area contributed by atoms with Crippen molar-refractivity contribution >= 4 is 23.3 Å². The lowest BCUT2D eigenvalue weighted by atomic mass is 10.0. The van der Waals surface area contributed by atoms with E-state index in [1.807, 2.05) is 63.2 Å². The molecular weight excluding hydrogens is 386 g/mol. The van der Waals surface area contributed by atoms with Crippen molar-refractivity contribution in [2.75, 3.05) is 6.54 Å². The van der Waals surface area contributed by atoms with Gasteiger partial charge in [0.15, 0.2) is 6.10 Å². The third kappa shape index (κ3) is 5.73. The van der Waals surface area contributed by atoms with Crippen molar-refractivity contribution < 1.29 is 9.63 Å². The van der Waals surface area contributed by atoms with Crippen LogP contribution in [-0.4, -0.2) is 34.8 Å². The second-order valence-corrected chi connectivity index (χ2v) is 8.84. The standard InChI is InChI=1S/C23H28ClN3O2/c1-16-9-5-7-11-19(16)21-13-18(29-26-21)15-27(22(28)25-23(2,3)4)14-17-10-6-8-12-20(17)24/h5-12,18H,13-15H2,1-4H3,(H,25,28)/t18-/m1/s1. The van der Waals surface area contributed by atoms with E-state index in [4.69, 9.17) is 16.4 Å². The van der Waals surface area contributed by atoms with Crippen molar-refractivity contribution in [1.82, 2.24) is 10.2 Å². The number of rotatable bonds is 5. The SMILES string of the molecule is Cc1ccccc1C1=NO[C@@H](CN(Cc2ccccc2Cl)C(=O)NC(C)(C)C)C1. The Morgan fingerprint density at radius 3 is 2.59 bits per heavy atom. The number of nitrogens with zero attached hydrogens (tertiary/aromatic N) is 2. The van der Waals surface area contributed by atoms with E-state index in [0.717, 1.165) is 22.4 Å². The molecule has 5 nitrogen and oxygen atoms in total. The van der Waals surface area contributed by atoms with E-state index in [1.165, 1.54) is 0 Å². The highest BCUT2D eigenvalue weighted by atomic mass is 35.5. The molecule has 1 aliphatic rings. The molecule has 0 unspecified atom stereocenters. The van der Waals surface area contributed by atoms with E-state index in [0.29, 0.717) is 24.5 Å². The highest BCUT2D eigenvalue weighted by molar-refractivity contribution is 6.31. The number of nitrogens with one attached hydrogen (secondary N) is 1. The van der Waals surface area contributed by atoms with Crippen LogP contribution in [0.2, 0.25) is 5.02 Å². The molecular formula is C23H28ClN3O2. The van der Waals surface area contributed by atoms with Gasteiger partial charge < -0.3 is 15.1 Å². The molecule has 3 rings (SSSR count). The highest BCUT2D eigenvalue weighted by Crippen LogP contribution is 2.22. The van der Waals surface area contributed by atoms with Gasteiger partial charge in [0.05, 0.1) is 12.3 Å². The molecule has 1 aliphatic heterocycles. The van der Waals surface area contributed by atoms with Gasteiger partial charge in [0.1, 0.15) is 0 Å². The van der Waals surface area contributed by atoms with Crippen molar-refractivity contribution in [2.45, 2.75) is 52.3 Å². The number of halogens is 1. The van der Waals surface area contributed by atoms with Crippen LogP contribution in [0.25, 0.3) is 0 Å². The minimum Gasteiger partial charge on any atom is -0.390 e. The van der Waals surface area contributed by atoms with Crippen molar-refractivity contribution in [3.8, 4) is 0 Å². The zero-order valence-corrected chi connectivity index (χ0v) is 18.2. The van der Waals surface area contributed by atoms with Crippen LogP contribution in [0.1, 0.15) is 43.9 Å². The summed E-state index contributed by atoms with van der Waals surface area (Å²) in [5.74, 6) is 0. The van der Waals surface area contributed by atoms with Gasteiger partial charge in [-0.15, -0.1) is 0 Å². The molecule has 0 saturated carbocycles. The molecule has 0 spiro atoms. The quantitative estimate of drug-likeness (QED) is 0.736. The lowest BCUT2D eigenvalue weighted by molar-refractivity contribution is 0.0580. The van der Waals surface area contributed by atoms with Crippen molar-refractivity contribution in [2.24, 2.45) is 5.16 Å². The maximum Gasteiger partial charge on any atom is 0.318 e. The van der Waals surface area contributed by atoms with E-state index >= 15 is 0 Å². The minimum atomic E-state index is -0.338. The Labute approximate surface area is 177 Å². The summed E-state index contributed by atoms with van der Waals surface area (Å²) in [6, 6.07) is 15.5. The average Bonchev–Trinajstić information content (AvgIpc) is 3.10. The normalized spacial score (nSPS) is 16.2. The molecule has 2 aromatic rings. The van der Waals surface area contributed by atoms with Crippen LogP contribution >= 0.6 is 11.6 Å². The van der Waals surface area contributed by atoms with Gasteiger partial charge in [0, 0.05) is 29.1 Å². The lowest BCUT2D eigenvalue weighted by Gasteiger charge is -2.30. The summed E-state index contributed by atoms with van der Waals surface area (Å²) in [6.07, 6.45) is 0.463. The Morgan fingerprint density at radius 2 is 1.90 bits per heavy atom. The number of hydrogen-bond donors (Lipinski definition) is 1. The summed E-state index contributed by atoms with van der Waals surface area (Å²) in [7, 11) is 0. The summed E-state index contributed by atoms with van der Waals surface area (Å²) in [6.45, 7) is 8.77. The second kappa shape index (κ2) is 8.87. The number of hydrogen-bond acceptors (Lipinski definition) is 3. The lowest BCUT2D eigenvalue weighted by Crippen LogP contribution is -2.50. The number of benzene rings is 2. The van der Waals surface area contributed by atoms with Gasteiger partial charge in [0.25, 0.3) is 0 Å². The third-order valence-corrected chi connectivity index (χ3v) is 5.07. The van der Waals surface area contributed by atoms with Gasteiger partial charge in [-0.2, -0.15) is 0 Å². The molecule has 1 N–H and O–H groups in total. The zero-order valence-electron chi connectivity index (χ0n) is 17.4. The Balaban J connectivity index is 1.73. The minimum absolute atomic E-state index is 0.148. The third-order valence-electron chi connectivity index (χ3n) is 4.70. The van der Waals surface area contributed by atoms with E-state index in [-0.39, 0.29) is 17.7 Å². The molecule has 2 aromatic carbocycles. The smallest absolute Gasteiger partial charge is 0.318 e. The topological polar surface area (TPSA) is 53.9 Å². The average molecular weight is 414 g/mol. The van der Waals surface area contributed by atoms with Gasteiger partial charge in [-0.25, -0.2) is 4.79 Å². The molecule has 1 heterocycles. The first-order valence-electron chi connectivity index (χ1n) is 9.82. The first kappa shape index (κ1) is 21.2. The fourth-order valence-electron chi connectivity index (χ4n) is 3.28. The summed E-state index contributed by atoms with van der Waals surface area (Å²) < 4.78 is 0. The molecule has 2 amide bonds. The number of aryl methyl sites for hydroxylation is 1. The Kier molecular flexibility index (Phi) is 6.48. The van der Waals surface area contributed by atoms with Gasteiger partial charge in [-0.3, -0.25) is 0 Å². The fraction of sp³-hybridized carbons (Fsp3) is 0.391. The van der Waals surface area contributed by atoms with E-state index in [2.05, 4.69) is 23.5 Å². The summed E-state index contributed by atoms with van der Waals surface area (Å²) in [4.78, 5) is 20.4. The first-order valence-corrected chi connectivity index (χ1v) is 10.2. The Hall–Kier alpha value is -2.53. The Bertz CT molecular complexity index is 905. The predicted octanol–water partition coefficient (Wildman–Crippen LogP) is 5.15. The molecule has 1 atom stereocenters. The van der Waals surface area contributed by atoms with Crippen molar-refractivity contribution in [3.63, 3.8) is 0 Å². The molecule has 29 heavy (non-hydrogen) atoms. The van der Waals surface area contributed by atoms with Gasteiger partial charge in [-0.05, 0) is 44.9 Å². The molecule has 0 aliphatic carbocycles. The van der Waals surface area contributed by atoms with Crippen molar-refractivity contribution in [3.05, 3.63) is 70.2 Å². The highest BCUT2D eigenvalue weighted by Gasteiger charge is 2.29. The van der Waals surface area contributed by atoms with Crippen LogP contribution in [0, 0.1) is 6.92 Å². The molecule has 0 saturated heterocycles. The maximum atomic E-state index is 12.9. The largest absolute Gasteiger partial charge is 0.390 e. The summed E-state index contributed by atoms with van der Waals surface area (Å²) >= 11 is 6.33. The van der Waals surface area contributed by atoms with Crippen LogP contribution in [0.15, 0.2) is 53.7 Å². The summed E-state index contributed by atoms with van der Waals surface area (Å²) in [5, 5.41) is 7.97. The molecule has 0 aromatic heterocycles. The van der Waals surface area contributed by atoms with Gasteiger partial charge >= 0.3 is 6.03 Å². The van der Waals surface area contributed by atoms with Crippen LogP contribution in [0.3, 0.4) is 0 Å². The van der Waals surface area contributed by atoms with E-state index < -0.39 is 0 Å². The second-order valence-electron chi connectivity index (χ2n) is 8.44. The van der Waals surface area contributed by atoms with E-state index in [1.54, 1.807) is 4.90 Å². The molecule has 0 bridgehead atoms. The number of carbonyl (C=O) groups excluding carboxylic acids is 1. The van der Waals surface area contributed by atoms with Crippen LogP contribution in [0.4, 0.5) is 4.79 Å². The van der Waals surface area contributed by atoms with Crippen LogP contribution < -0.4 is 5.32 Å². The van der Waals surface area contributed by atoms with Gasteiger partial charge in [-0.1, -0.05) is 59.2 Å². The van der Waals surface area contributed by atoms with Gasteiger partial charge in [0.2, 0.25) is 0 Å². The van der Waals surface area contributed by atoms with Crippen molar-refractivity contribution in [1.29, 1.82) is 0 Å². The first-order chi connectivity index (χ1) is 13.7. The number of carbonyl (C=O) groups is 1.